The second-order valence-electron chi connectivity index (χ2n) is 6.72. The van der Waals surface area contributed by atoms with E-state index in [2.05, 4.69) is 20.8 Å². The maximum absolute atomic E-state index is 12.3. The van der Waals surface area contributed by atoms with Crippen molar-refractivity contribution in [2.45, 2.75) is 39.3 Å². The summed E-state index contributed by atoms with van der Waals surface area (Å²) >= 11 is 5.30. The fraction of sp³-hybridized carbons (Fsp3) is 0.444. The Morgan fingerprint density at radius 2 is 2.12 bits per heavy atom. The number of carbonyl (C=O) groups is 2. The topological polar surface area (TPSA) is 91.8 Å². The zero-order valence-corrected chi connectivity index (χ0v) is 15.7. The highest BCUT2D eigenvalue weighted by molar-refractivity contribution is 7.71. The highest BCUT2D eigenvalue weighted by Gasteiger charge is 2.29. The summed E-state index contributed by atoms with van der Waals surface area (Å²) < 4.78 is 2.28. The number of aryl methyl sites for hydroxylation is 1. The molecule has 0 saturated carbocycles. The standard InChI is InChI=1S/C18H23N5O2S/c1-11-3-5-13(6-4-11)16-21-22-18(26)23(16)10-8-14(24)20-15-12(2)7-9-19-17(15)25/h3-6,12,15H,7-10H2,1-2H3,(H,19,25)(H,20,24)(H,22,26). The van der Waals surface area contributed by atoms with Crippen molar-refractivity contribution < 1.29 is 9.59 Å². The van der Waals surface area contributed by atoms with E-state index in [1.165, 1.54) is 0 Å². The molecule has 1 aromatic heterocycles. The Morgan fingerprint density at radius 3 is 2.81 bits per heavy atom. The van der Waals surface area contributed by atoms with Gasteiger partial charge in [0.1, 0.15) is 6.04 Å². The molecular weight excluding hydrogens is 350 g/mol. The van der Waals surface area contributed by atoms with Gasteiger partial charge in [-0.15, -0.1) is 0 Å². The Labute approximate surface area is 157 Å². The van der Waals surface area contributed by atoms with Gasteiger partial charge in [-0.25, -0.2) is 0 Å². The van der Waals surface area contributed by atoms with E-state index in [9.17, 15) is 9.59 Å². The number of aromatic amines is 1. The molecule has 1 aliphatic heterocycles. The number of benzene rings is 1. The van der Waals surface area contributed by atoms with Gasteiger partial charge in [0, 0.05) is 25.1 Å². The minimum Gasteiger partial charge on any atom is -0.354 e. The summed E-state index contributed by atoms with van der Waals surface area (Å²) in [6.07, 6.45) is 1.09. The van der Waals surface area contributed by atoms with E-state index < -0.39 is 6.04 Å². The minimum atomic E-state index is -0.467. The molecule has 1 saturated heterocycles. The van der Waals surface area contributed by atoms with Crippen LogP contribution in [-0.2, 0) is 16.1 Å². The van der Waals surface area contributed by atoms with E-state index in [0.29, 0.717) is 23.7 Å². The first kappa shape index (κ1) is 18.3. The number of amides is 2. The number of carbonyl (C=O) groups excluding carboxylic acids is 2. The Hall–Kier alpha value is -2.48. The molecule has 2 amide bonds. The van der Waals surface area contributed by atoms with Gasteiger partial charge in [-0.05, 0) is 31.5 Å². The molecule has 2 aromatic rings. The molecule has 0 aliphatic carbocycles. The van der Waals surface area contributed by atoms with Gasteiger partial charge in [-0.3, -0.25) is 19.3 Å². The van der Waals surface area contributed by atoms with Crippen LogP contribution in [0, 0.1) is 17.6 Å². The van der Waals surface area contributed by atoms with Gasteiger partial charge in [-0.2, -0.15) is 5.10 Å². The van der Waals surface area contributed by atoms with E-state index in [-0.39, 0.29) is 24.2 Å². The van der Waals surface area contributed by atoms with Crippen molar-refractivity contribution in [1.29, 1.82) is 0 Å². The van der Waals surface area contributed by atoms with Crippen molar-refractivity contribution >= 4 is 24.0 Å². The Bertz CT molecular complexity index is 855. The quantitative estimate of drug-likeness (QED) is 0.699. The van der Waals surface area contributed by atoms with Crippen molar-refractivity contribution in [2.24, 2.45) is 5.92 Å². The molecule has 3 N–H and O–H groups in total. The van der Waals surface area contributed by atoms with Crippen LogP contribution in [0.25, 0.3) is 11.4 Å². The van der Waals surface area contributed by atoms with E-state index >= 15 is 0 Å². The first-order valence-corrected chi connectivity index (χ1v) is 9.16. The Morgan fingerprint density at radius 1 is 1.38 bits per heavy atom. The molecule has 2 atom stereocenters. The largest absolute Gasteiger partial charge is 0.354 e. The number of hydrogen-bond acceptors (Lipinski definition) is 4. The van der Waals surface area contributed by atoms with Crippen LogP contribution in [0.15, 0.2) is 24.3 Å². The van der Waals surface area contributed by atoms with Crippen LogP contribution in [0.4, 0.5) is 0 Å². The van der Waals surface area contributed by atoms with Crippen molar-refractivity contribution in [2.75, 3.05) is 6.54 Å². The third kappa shape index (κ3) is 4.01. The Balaban J connectivity index is 1.67. The van der Waals surface area contributed by atoms with Gasteiger partial charge < -0.3 is 10.6 Å². The zero-order chi connectivity index (χ0) is 18.7. The summed E-state index contributed by atoms with van der Waals surface area (Å²) in [4.78, 5) is 24.3. The van der Waals surface area contributed by atoms with Gasteiger partial charge in [0.2, 0.25) is 11.8 Å². The molecule has 1 aliphatic rings. The number of nitrogens with zero attached hydrogens (tertiary/aromatic N) is 2. The molecule has 2 unspecified atom stereocenters. The minimum absolute atomic E-state index is 0.114. The average molecular weight is 373 g/mol. The van der Waals surface area contributed by atoms with Crippen LogP contribution in [0.5, 0.6) is 0 Å². The van der Waals surface area contributed by atoms with E-state index in [0.717, 1.165) is 17.5 Å². The van der Waals surface area contributed by atoms with Crippen molar-refractivity contribution in [3.63, 3.8) is 0 Å². The highest BCUT2D eigenvalue weighted by atomic mass is 32.1. The SMILES string of the molecule is Cc1ccc(-c2n[nH]c(=S)n2CCC(=O)NC2C(=O)NCCC2C)cc1. The van der Waals surface area contributed by atoms with Crippen molar-refractivity contribution in [3.8, 4) is 11.4 Å². The first-order chi connectivity index (χ1) is 12.5. The molecule has 3 rings (SSSR count). The van der Waals surface area contributed by atoms with Gasteiger partial charge >= 0.3 is 0 Å². The number of nitrogens with one attached hydrogen (secondary N) is 3. The van der Waals surface area contributed by atoms with Gasteiger partial charge in [0.25, 0.3) is 0 Å². The normalized spacial score (nSPS) is 19.8. The summed E-state index contributed by atoms with van der Waals surface area (Å²) in [5.74, 6) is 0.549. The lowest BCUT2D eigenvalue weighted by molar-refractivity contribution is -0.131. The van der Waals surface area contributed by atoms with Crippen LogP contribution < -0.4 is 10.6 Å². The molecule has 0 bridgehead atoms. The monoisotopic (exact) mass is 373 g/mol. The lowest BCUT2D eigenvalue weighted by Crippen LogP contribution is -2.54. The molecule has 0 spiro atoms. The van der Waals surface area contributed by atoms with E-state index in [1.807, 2.05) is 42.7 Å². The summed E-state index contributed by atoms with van der Waals surface area (Å²) in [6, 6.07) is 7.50. The highest BCUT2D eigenvalue weighted by Crippen LogP contribution is 2.18. The molecule has 1 aromatic carbocycles. The number of piperidine rings is 1. The maximum Gasteiger partial charge on any atom is 0.242 e. The van der Waals surface area contributed by atoms with Crippen molar-refractivity contribution in [1.82, 2.24) is 25.4 Å². The second kappa shape index (κ2) is 7.82. The van der Waals surface area contributed by atoms with Crippen LogP contribution in [0.1, 0.15) is 25.3 Å². The molecular formula is C18H23N5O2S. The molecule has 138 valence electrons. The van der Waals surface area contributed by atoms with Crippen LogP contribution in [-0.4, -0.2) is 39.2 Å². The fourth-order valence-electron chi connectivity index (χ4n) is 3.07. The summed E-state index contributed by atoms with van der Waals surface area (Å²) in [5.41, 5.74) is 2.09. The lowest BCUT2D eigenvalue weighted by Gasteiger charge is -2.29. The molecule has 0 radical (unpaired) electrons. The number of rotatable bonds is 5. The van der Waals surface area contributed by atoms with E-state index in [4.69, 9.17) is 12.2 Å². The smallest absolute Gasteiger partial charge is 0.242 e. The molecule has 8 heteroatoms. The number of aromatic nitrogens is 3. The summed E-state index contributed by atoms with van der Waals surface area (Å²) in [6.45, 7) is 5.06. The summed E-state index contributed by atoms with van der Waals surface area (Å²) in [5, 5.41) is 12.7. The van der Waals surface area contributed by atoms with Crippen LogP contribution in [0.2, 0.25) is 0 Å². The predicted octanol–water partition coefficient (Wildman–Crippen LogP) is 1.95. The van der Waals surface area contributed by atoms with Crippen molar-refractivity contribution in [3.05, 3.63) is 34.6 Å². The molecule has 7 nitrogen and oxygen atoms in total. The second-order valence-corrected chi connectivity index (χ2v) is 7.11. The van der Waals surface area contributed by atoms with Crippen LogP contribution in [0.3, 0.4) is 0 Å². The maximum atomic E-state index is 12.3. The van der Waals surface area contributed by atoms with E-state index in [1.54, 1.807) is 0 Å². The van der Waals surface area contributed by atoms with Gasteiger partial charge in [0.05, 0.1) is 0 Å². The first-order valence-electron chi connectivity index (χ1n) is 8.75. The van der Waals surface area contributed by atoms with Crippen LogP contribution >= 0.6 is 12.2 Å². The zero-order valence-electron chi connectivity index (χ0n) is 14.9. The predicted molar refractivity (Wildman–Crippen MR) is 101 cm³/mol. The average Bonchev–Trinajstić information content (AvgIpc) is 2.98. The third-order valence-corrected chi connectivity index (χ3v) is 5.01. The third-order valence-electron chi connectivity index (χ3n) is 4.70. The number of H-pyrrole nitrogens is 1. The summed E-state index contributed by atoms with van der Waals surface area (Å²) in [7, 11) is 0. The Kier molecular flexibility index (Phi) is 5.51. The number of hydrogen-bond donors (Lipinski definition) is 3. The fourth-order valence-corrected chi connectivity index (χ4v) is 3.30. The molecule has 26 heavy (non-hydrogen) atoms. The van der Waals surface area contributed by atoms with Gasteiger partial charge in [-0.1, -0.05) is 36.8 Å². The molecule has 1 fully saturated rings. The molecule has 2 heterocycles. The lowest BCUT2D eigenvalue weighted by atomic mass is 9.94. The van der Waals surface area contributed by atoms with Gasteiger partial charge in [0.15, 0.2) is 10.6 Å².